The Morgan fingerprint density at radius 1 is 0.854 bits per heavy atom. The predicted molar refractivity (Wildman–Crippen MR) is 158 cm³/mol. The average molecular weight is 549 g/mol. The van der Waals surface area contributed by atoms with Crippen molar-refractivity contribution in [1.82, 2.24) is 0 Å². The Morgan fingerprint density at radius 3 is 2.15 bits per heavy atom. The highest BCUT2D eigenvalue weighted by Crippen LogP contribution is 2.51. The first-order chi connectivity index (χ1) is 19.6. The van der Waals surface area contributed by atoms with Crippen LogP contribution in [-0.4, -0.2) is 31.6 Å². The number of ether oxygens (including phenoxy) is 2. The van der Waals surface area contributed by atoms with E-state index in [0.29, 0.717) is 46.7 Å². The van der Waals surface area contributed by atoms with Crippen LogP contribution in [0.25, 0.3) is 0 Å². The molecule has 0 radical (unpaired) electrons. The normalized spacial score (nSPS) is 19.2. The number of methoxy groups -OCH3 is 2. The van der Waals surface area contributed by atoms with Gasteiger partial charge in [-0.1, -0.05) is 56.3 Å². The van der Waals surface area contributed by atoms with Gasteiger partial charge in [0.05, 0.1) is 37.2 Å². The van der Waals surface area contributed by atoms with E-state index in [-0.39, 0.29) is 28.3 Å². The Labute approximate surface area is 239 Å². The number of nitrogens with zero attached hydrogens (tertiary/aromatic N) is 1. The van der Waals surface area contributed by atoms with E-state index >= 15 is 0 Å². The van der Waals surface area contributed by atoms with Gasteiger partial charge < -0.3 is 19.7 Å². The Morgan fingerprint density at radius 2 is 1.49 bits per heavy atom. The van der Waals surface area contributed by atoms with Gasteiger partial charge >= 0.3 is 0 Å². The smallest absolute Gasteiger partial charge is 0.199 e. The number of carbonyl (C=O) groups excluding carboxylic acids is 3. The first-order valence-electron chi connectivity index (χ1n) is 13.7. The minimum absolute atomic E-state index is 0.0199. The number of nitrogens with one attached hydrogen (secondary N) is 1. The van der Waals surface area contributed by atoms with Gasteiger partial charge in [-0.2, -0.15) is 0 Å². The van der Waals surface area contributed by atoms with Crippen LogP contribution in [0.2, 0.25) is 0 Å². The SMILES string of the molecule is COc1ccc(C2C3=C(CC(C)(C)CC3=O)Nc3ccccc3N2C(C)=C2C(=O)c3ccccc3C2=O)cc1OC. The van der Waals surface area contributed by atoms with Gasteiger partial charge in [-0.15, -0.1) is 0 Å². The van der Waals surface area contributed by atoms with E-state index in [1.807, 2.05) is 47.4 Å². The molecule has 1 aliphatic heterocycles. The van der Waals surface area contributed by atoms with Gasteiger partial charge in [0.1, 0.15) is 0 Å². The van der Waals surface area contributed by atoms with Crippen molar-refractivity contribution in [3.63, 3.8) is 0 Å². The lowest BCUT2D eigenvalue weighted by Gasteiger charge is -2.39. The number of hydrogen-bond acceptors (Lipinski definition) is 7. The summed E-state index contributed by atoms with van der Waals surface area (Å²) in [5.74, 6) is 0.480. The minimum Gasteiger partial charge on any atom is -0.493 e. The summed E-state index contributed by atoms with van der Waals surface area (Å²) < 4.78 is 11.2. The van der Waals surface area contributed by atoms with Crippen molar-refractivity contribution in [1.29, 1.82) is 0 Å². The number of ketones is 3. The van der Waals surface area contributed by atoms with E-state index in [1.54, 1.807) is 45.4 Å². The minimum atomic E-state index is -0.638. The molecule has 3 aromatic carbocycles. The third-order valence-electron chi connectivity index (χ3n) is 8.22. The summed E-state index contributed by atoms with van der Waals surface area (Å²) in [6.07, 6.45) is 1.04. The van der Waals surface area contributed by atoms with Crippen molar-refractivity contribution >= 4 is 28.7 Å². The van der Waals surface area contributed by atoms with Gasteiger partial charge in [0.2, 0.25) is 0 Å². The van der Waals surface area contributed by atoms with Crippen LogP contribution in [-0.2, 0) is 4.79 Å². The quantitative estimate of drug-likeness (QED) is 0.288. The third kappa shape index (κ3) is 4.24. The van der Waals surface area contributed by atoms with Gasteiger partial charge in [-0.05, 0) is 48.6 Å². The van der Waals surface area contributed by atoms with Gasteiger partial charge in [0.25, 0.3) is 0 Å². The molecule has 0 bridgehead atoms. The molecule has 7 nitrogen and oxygen atoms in total. The molecule has 0 spiro atoms. The average Bonchev–Trinajstić information content (AvgIpc) is 3.11. The summed E-state index contributed by atoms with van der Waals surface area (Å²) in [6, 6.07) is 19.6. The summed E-state index contributed by atoms with van der Waals surface area (Å²) in [7, 11) is 3.15. The Kier molecular flexibility index (Phi) is 6.33. The maximum atomic E-state index is 14.1. The van der Waals surface area contributed by atoms with Gasteiger partial charge in [0.15, 0.2) is 28.8 Å². The lowest BCUT2D eigenvalue weighted by Crippen LogP contribution is -2.36. The lowest BCUT2D eigenvalue weighted by atomic mass is 9.73. The molecule has 0 fully saturated rings. The second-order valence-electron chi connectivity index (χ2n) is 11.5. The molecule has 0 amide bonds. The van der Waals surface area contributed by atoms with Gasteiger partial charge in [-0.25, -0.2) is 0 Å². The zero-order valence-electron chi connectivity index (χ0n) is 23.8. The summed E-state index contributed by atoms with van der Waals surface area (Å²) in [5, 5.41) is 3.58. The molecule has 1 heterocycles. The second kappa shape index (κ2) is 9.77. The van der Waals surface area contributed by atoms with Crippen LogP contribution < -0.4 is 19.7 Å². The molecule has 2 aliphatic carbocycles. The number of fused-ring (bicyclic) bond motifs is 2. The number of allylic oxidation sites excluding steroid dienone is 3. The van der Waals surface area contributed by atoms with Crippen molar-refractivity contribution in [3.05, 3.63) is 106 Å². The molecule has 6 rings (SSSR count). The zero-order valence-corrected chi connectivity index (χ0v) is 23.8. The van der Waals surface area contributed by atoms with E-state index in [4.69, 9.17) is 9.47 Å². The van der Waals surface area contributed by atoms with Crippen LogP contribution in [0, 0.1) is 5.41 Å². The fourth-order valence-corrected chi connectivity index (χ4v) is 6.40. The van der Waals surface area contributed by atoms with Crippen LogP contribution in [0.5, 0.6) is 11.5 Å². The molecule has 1 unspecified atom stereocenters. The summed E-state index contributed by atoms with van der Waals surface area (Å²) in [6.45, 7) is 5.98. The first kappa shape index (κ1) is 26.6. The summed E-state index contributed by atoms with van der Waals surface area (Å²) >= 11 is 0. The van der Waals surface area contributed by atoms with Crippen LogP contribution in [0.3, 0.4) is 0 Å². The van der Waals surface area contributed by atoms with E-state index in [9.17, 15) is 14.4 Å². The molecular formula is C34H32N2O5. The van der Waals surface area contributed by atoms with E-state index < -0.39 is 6.04 Å². The van der Waals surface area contributed by atoms with Crippen LogP contribution in [0.15, 0.2) is 89.3 Å². The van der Waals surface area contributed by atoms with E-state index in [2.05, 4.69) is 19.2 Å². The number of rotatable bonds is 4. The van der Waals surface area contributed by atoms with Crippen molar-refractivity contribution in [2.24, 2.45) is 5.41 Å². The summed E-state index contributed by atoms with van der Waals surface area (Å²) in [5.41, 5.74) is 4.93. The summed E-state index contributed by atoms with van der Waals surface area (Å²) in [4.78, 5) is 43.5. The third-order valence-corrected chi connectivity index (χ3v) is 8.22. The number of benzene rings is 3. The number of carbonyl (C=O) groups is 3. The fraction of sp³-hybridized carbons (Fsp3) is 0.265. The highest BCUT2D eigenvalue weighted by Gasteiger charge is 2.44. The lowest BCUT2D eigenvalue weighted by molar-refractivity contribution is -0.118. The van der Waals surface area contributed by atoms with E-state index in [0.717, 1.165) is 22.6 Å². The number of para-hydroxylation sites is 2. The standard InChI is InChI=1S/C34H32N2O5/c1-19(29-32(38)21-10-6-7-11-22(21)33(29)39)36-25-13-9-8-12-23(25)35-24-17-34(2,3)18-26(37)30(24)31(36)20-14-15-27(40-4)28(16-20)41-5/h6-16,31,35H,17-18H2,1-5H3. The van der Waals surface area contributed by atoms with Crippen LogP contribution >= 0.6 is 0 Å². The van der Waals surface area contributed by atoms with Crippen LogP contribution in [0.1, 0.15) is 65.9 Å². The van der Waals surface area contributed by atoms with Gasteiger partial charge in [0, 0.05) is 34.5 Å². The molecular weight excluding hydrogens is 516 g/mol. The molecule has 41 heavy (non-hydrogen) atoms. The molecule has 1 N–H and O–H groups in total. The predicted octanol–water partition coefficient (Wildman–Crippen LogP) is 6.67. The second-order valence-corrected chi connectivity index (χ2v) is 11.5. The van der Waals surface area contributed by atoms with Gasteiger partial charge in [-0.3, -0.25) is 14.4 Å². The molecule has 3 aliphatic rings. The first-order valence-corrected chi connectivity index (χ1v) is 13.7. The largest absolute Gasteiger partial charge is 0.493 e. The molecule has 0 saturated carbocycles. The fourth-order valence-electron chi connectivity index (χ4n) is 6.40. The Hall–Kier alpha value is -4.65. The molecule has 0 saturated heterocycles. The van der Waals surface area contributed by atoms with Crippen molar-refractivity contribution in [2.45, 2.75) is 39.7 Å². The number of Topliss-reactive ketones (excluding diaryl/α,β-unsaturated/α-hetero) is 3. The van der Waals surface area contributed by atoms with Crippen molar-refractivity contribution in [2.75, 3.05) is 24.4 Å². The molecule has 3 aromatic rings. The number of anilines is 2. The topological polar surface area (TPSA) is 84.9 Å². The highest BCUT2D eigenvalue weighted by atomic mass is 16.5. The Balaban J connectivity index is 1.67. The van der Waals surface area contributed by atoms with E-state index in [1.165, 1.54) is 0 Å². The molecule has 208 valence electrons. The maximum Gasteiger partial charge on any atom is 0.199 e. The zero-order chi connectivity index (χ0) is 29.1. The monoisotopic (exact) mass is 548 g/mol. The Bertz CT molecular complexity index is 1660. The molecule has 7 heteroatoms. The van der Waals surface area contributed by atoms with Crippen molar-refractivity contribution < 1.29 is 23.9 Å². The van der Waals surface area contributed by atoms with Crippen molar-refractivity contribution in [3.8, 4) is 11.5 Å². The number of hydrogen-bond donors (Lipinski definition) is 1. The molecule has 0 aromatic heterocycles. The maximum absolute atomic E-state index is 14.1. The van der Waals surface area contributed by atoms with Crippen LogP contribution in [0.4, 0.5) is 11.4 Å². The highest BCUT2D eigenvalue weighted by molar-refractivity contribution is 6.40. The molecule has 1 atom stereocenters.